The van der Waals surface area contributed by atoms with Gasteiger partial charge in [0.2, 0.25) is 0 Å². The molecular formula is C20H16ClF5N4O4S. The number of hydrogen-bond donors (Lipinski definition) is 3. The predicted molar refractivity (Wildman–Crippen MR) is 112 cm³/mol. The number of rotatable bonds is 5. The van der Waals surface area contributed by atoms with Crippen molar-refractivity contribution in [3.8, 4) is 11.3 Å². The summed E-state index contributed by atoms with van der Waals surface area (Å²) in [5.74, 6) is -3.67. The molecule has 1 aliphatic heterocycles. The predicted octanol–water partition coefficient (Wildman–Crippen LogP) is 3.06. The molecule has 1 fully saturated rings. The second-order valence-corrected chi connectivity index (χ2v) is 9.16. The zero-order chi connectivity index (χ0) is 25.5. The summed E-state index contributed by atoms with van der Waals surface area (Å²) in [6.07, 6.45) is -5.35. The lowest BCUT2D eigenvalue weighted by Gasteiger charge is -2.41. The molecule has 0 bridgehead atoms. The van der Waals surface area contributed by atoms with Crippen LogP contribution in [0.25, 0.3) is 11.3 Å². The van der Waals surface area contributed by atoms with E-state index in [1.165, 1.54) is 12.4 Å². The van der Waals surface area contributed by atoms with Gasteiger partial charge in [0, 0.05) is 22.9 Å². The summed E-state index contributed by atoms with van der Waals surface area (Å²) < 4.78 is 73.1. The molecule has 4 unspecified atom stereocenters. The van der Waals surface area contributed by atoms with E-state index in [0.29, 0.717) is 22.1 Å². The Morgan fingerprint density at radius 1 is 1.09 bits per heavy atom. The Labute approximate surface area is 203 Å². The zero-order valence-electron chi connectivity index (χ0n) is 17.3. The smallest absolute Gasteiger partial charge is 0.394 e. The van der Waals surface area contributed by atoms with Crippen molar-refractivity contribution < 1.29 is 42.0 Å². The SMILES string of the molecule is OCC1OC(Sc2cncc(Cl)c2)[C@@H](O)C(n2cc(-c3cc(F)c(C(F)(F)F)c(F)c3)nn2)C1O. The van der Waals surface area contributed by atoms with E-state index >= 15 is 0 Å². The Morgan fingerprint density at radius 3 is 2.37 bits per heavy atom. The van der Waals surface area contributed by atoms with Crippen LogP contribution in [0.3, 0.4) is 0 Å². The Morgan fingerprint density at radius 2 is 1.77 bits per heavy atom. The van der Waals surface area contributed by atoms with Gasteiger partial charge in [0.15, 0.2) is 0 Å². The maximum Gasteiger partial charge on any atom is 0.422 e. The fraction of sp³-hybridized carbons (Fsp3) is 0.350. The number of nitrogens with zero attached hydrogens (tertiary/aromatic N) is 4. The van der Waals surface area contributed by atoms with E-state index in [9.17, 15) is 37.3 Å². The third-order valence-corrected chi connectivity index (χ3v) is 6.54. The number of halogens is 6. The monoisotopic (exact) mass is 538 g/mol. The molecule has 1 aromatic carbocycles. The van der Waals surface area contributed by atoms with Crippen LogP contribution in [-0.2, 0) is 10.9 Å². The molecule has 15 heteroatoms. The zero-order valence-corrected chi connectivity index (χ0v) is 18.8. The number of aromatic nitrogens is 4. The van der Waals surface area contributed by atoms with E-state index in [-0.39, 0.29) is 11.3 Å². The van der Waals surface area contributed by atoms with Crippen LogP contribution in [-0.4, -0.2) is 65.7 Å². The number of hydrogen-bond acceptors (Lipinski definition) is 8. The van der Waals surface area contributed by atoms with Crippen molar-refractivity contribution in [2.75, 3.05) is 6.61 Å². The normalized spacial score (nSPS) is 25.1. The second-order valence-electron chi connectivity index (χ2n) is 7.55. The summed E-state index contributed by atoms with van der Waals surface area (Å²) in [5.41, 5.74) is -3.63. The Balaban J connectivity index is 1.64. The van der Waals surface area contributed by atoms with Gasteiger partial charge in [0.1, 0.15) is 52.7 Å². The van der Waals surface area contributed by atoms with Crippen LogP contribution < -0.4 is 0 Å². The van der Waals surface area contributed by atoms with Crippen molar-refractivity contribution >= 4 is 23.4 Å². The molecule has 4 rings (SSSR count). The van der Waals surface area contributed by atoms with Crippen LogP contribution in [0.5, 0.6) is 0 Å². The second kappa shape index (κ2) is 9.95. The Kier molecular flexibility index (Phi) is 7.31. The molecule has 0 amide bonds. The number of thioether (sulfide) groups is 1. The standard InChI is InChI=1S/C20H16ClF5N4O4S/c21-9-3-10(5-27-4-9)35-19-18(33)16(17(32)14(7-31)34-19)30-6-13(28-29-30)8-1-11(22)15(12(23)2-8)20(24,25)26/h1-6,14,16-19,31-33H,7H2/t14?,16?,17?,18-,19?/m0/s1. The summed E-state index contributed by atoms with van der Waals surface area (Å²) >= 11 is 6.93. The van der Waals surface area contributed by atoms with Gasteiger partial charge in [-0.25, -0.2) is 13.5 Å². The third kappa shape index (κ3) is 5.27. The highest BCUT2D eigenvalue weighted by molar-refractivity contribution is 7.99. The Hall–Kier alpha value is -2.36. The van der Waals surface area contributed by atoms with Crippen LogP contribution in [0, 0.1) is 11.6 Å². The Bertz CT molecular complexity index is 1190. The average Bonchev–Trinajstić information content (AvgIpc) is 3.24. The number of benzene rings is 1. The van der Waals surface area contributed by atoms with Crippen molar-refractivity contribution in [1.82, 2.24) is 20.0 Å². The van der Waals surface area contributed by atoms with Crippen molar-refractivity contribution in [3.63, 3.8) is 0 Å². The lowest BCUT2D eigenvalue weighted by Crippen LogP contribution is -2.55. The van der Waals surface area contributed by atoms with Crippen LogP contribution in [0.4, 0.5) is 22.0 Å². The molecule has 2 aromatic heterocycles. The van der Waals surface area contributed by atoms with Gasteiger partial charge >= 0.3 is 6.18 Å². The van der Waals surface area contributed by atoms with Gasteiger partial charge < -0.3 is 20.1 Å². The molecular weight excluding hydrogens is 523 g/mol. The first-order chi connectivity index (χ1) is 16.5. The van der Waals surface area contributed by atoms with Crippen molar-refractivity contribution in [3.05, 3.63) is 59.0 Å². The highest BCUT2D eigenvalue weighted by Crippen LogP contribution is 2.39. The first-order valence-electron chi connectivity index (χ1n) is 9.87. The molecule has 0 saturated carbocycles. The summed E-state index contributed by atoms with van der Waals surface area (Å²) in [6.45, 7) is -0.619. The highest BCUT2D eigenvalue weighted by Gasteiger charge is 2.46. The molecule has 0 radical (unpaired) electrons. The van der Waals surface area contributed by atoms with Gasteiger partial charge in [0.25, 0.3) is 0 Å². The summed E-state index contributed by atoms with van der Waals surface area (Å²) in [6, 6.07) is 1.23. The molecule has 188 valence electrons. The molecule has 3 aromatic rings. The van der Waals surface area contributed by atoms with Crippen LogP contribution >= 0.6 is 23.4 Å². The van der Waals surface area contributed by atoms with E-state index in [2.05, 4.69) is 15.3 Å². The molecule has 0 aliphatic carbocycles. The molecule has 1 aliphatic rings. The van der Waals surface area contributed by atoms with Crippen LogP contribution in [0.2, 0.25) is 5.02 Å². The number of aliphatic hydroxyl groups excluding tert-OH is 3. The highest BCUT2D eigenvalue weighted by atomic mass is 35.5. The summed E-state index contributed by atoms with van der Waals surface area (Å²) in [5, 5.41) is 39.0. The minimum atomic E-state index is -5.23. The van der Waals surface area contributed by atoms with E-state index in [1.807, 2.05) is 0 Å². The minimum absolute atomic E-state index is 0.216. The quantitative estimate of drug-likeness (QED) is 0.425. The van der Waals surface area contributed by atoms with E-state index in [4.69, 9.17) is 16.3 Å². The number of pyridine rings is 1. The molecule has 8 nitrogen and oxygen atoms in total. The molecule has 0 spiro atoms. The minimum Gasteiger partial charge on any atom is -0.394 e. The topological polar surface area (TPSA) is 114 Å². The molecule has 35 heavy (non-hydrogen) atoms. The van der Waals surface area contributed by atoms with Crippen molar-refractivity contribution in [1.29, 1.82) is 0 Å². The van der Waals surface area contributed by atoms with Crippen LogP contribution in [0.15, 0.2) is 41.7 Å². The summed E-state index contributed by atoms with van der Waals surface area (Å²) in [4.78, 5) is 4.45. The molecule has 3 N–H and O–H groups in total. The van der Waals surface area contributed by atoms with E-state index in [1.54, 1.807) is 6.07 Å². The fourth-order valence-electron chi connectivity index (χ4n) is 3.62. The van der Waals surface area contributed by atoms with Crippen molar-refractivity contribution in [2.24, 2.45) is 0 Å². The lowest BCUT2D eigenvalue weighted by molar-refractivity contribution is -0.178. The van der Waals surface area contributed by atoms with Gasteiger partial charge in [-0.2, -0.15) is 13.2 Å². The van der Waals surface area contributed by atoms with Crippen LogP contribution in [0.1, 0.15) is 11.6 Å². The van der Waals surface area contributed by atoms with Gasteiger partial charge in [-0.3, -0.25) is 4.98 Å². The third-order valence-electron chi connectivity index (χ3n) is 5.22. The van der Waals surface area contributed by atoms with Gasteiger partial charge in [-0.1, -0.05) is 28.6 Å². The number of aliphatic hydroxyl groups is 3. The maximum absolute atomic E-state index is 14.0. The van der Waals surface area contributed by atoms with Gasteiger partial charge in [0.05, 0.1) is 17.8 Å². The average molecular weight is 539 g/mol. The molecule has 3 heterocycles. The van der Waals surface area contributed by atoms with E-state index in [0.717, 1.165) is 22.6 Å². The largest absolute Gasteiger partial charge is 0.422 e. The fourth-order valence-corrected chi connectivity index (χ4v) is 4.94. The van der Waals surface area contributed by atoms with Gasteiger partial charge in [-0.05, 0) is 18.2 Å². The molecule has 5 atom stereocenters. The molecule has 1 saturated heterocycles. The number of ether oxygens (including phenoxy) is 1. The van der Waals surface area contributed by atoms with Gasteiger partial charge in [-0.15, -0.1) is 5.10 Å². The first kappa shape index (κ1) is 25.7. The number of alkyl halides is 3. The first-order valence-corrected chi connectivity index (χ1v) is 11.1. The lowest BCUT2D eigenvalue weighted by atomic mass is 9.97. The van der Waals surface area contributed by atoms with E-state index < -0.39 is 59.8 Å². The maximum atomic E-state index is 14.0. The van der Waals surface area contributed by atoms with Crippen molar-refractivity contribution in [2.45, 2.75) is 40.9 Å². The summed E-state index contributed by atoms with van der Waals surface area (Å²) in [7, 11) is 0.